The van der Waals surface area contributed by atoms with Crippen LogP contribution < -0.4 is 15.2 Å². The number of methoxy groups -OCH3 is 2. The van der Waals surface area contributed by atoms with Crippen LogP contribution in [0.15, 0.2) is 42.5 Å². The first kappa shape index (κ1) is 19.2. The van der Waals surface area contributed by atoms with Gasteiger partial charge in [-0.15, -0.1) is 0 Å². The van der Waals surface area contributed by atoms with E-state index in [-0.39, 0.29) is 17.8 Å². The van der Waals surface area contributed by atoms with Gasteiger partial charge < -0.3 is 19.9 Å². The summed E-state index contributed by atoms with van der Waals surface area (Å²) in [6.45, 7) is 1.44. The van der Waals surface area contributed by atoms with Gasteiger partial charge in [0.15, 0.2) is 11.5 Å². The molecule has 0 saturated heterocycles. The summed E-state index contributed by atoms with van der Waals surface area (Å²) in [5.74, 6) is 2.24. The molecule has 1 aliphatic rings. The minimum atomic E-state index is 0.161. The number of carbonyl (C=O) groups excluding carboxylic acids is 1. The van der Waals surface area contributed by atoms with Crippen molar-refractivity contribution in [1.29, 1.82) is 0 Å². The van der Waals surface area contributed by atoms with Crippen LogP contribution in [0.2, 0.25) is 0 Å². The smallest absolute Gasteiger partial charge is 0.293 e. The van der Waals surface area contributed by atoms with Crippen molar-refractivity contribution in [3.63, 3.8) is 0 Å². The van der Waals surface area contributed by atoms with Gasteiger partial charge in [-0.3, -0.25) is 4.79 Å². The Morgan fingerprint density at radius 2 is 1.89 bits per heavy atom. The molecule has 2 aromatic rings. The van der Waals surface area contributed by atoms with E-state index in [2.05, 4.69) is 30.3 Å². The first-order chi connectivity index (χ1) is 13.2. The number of hydrogen-bond acceptors (Lipinski definition) is 5. The first-order valence-electron chi connectivity index (χ1n) is 9.29. The third-order valence-electron chi connectivity index (χ3n) is 5.66. The van der Waals surface area contributed by atoms with E-state index in [4.69, 9.17) is 19.9 Å². The molecule has 0 heterocycles. The summed E-state index contributed by atoms with van der Waals surface area (Å²) in [5.41, 5.74) is 9.87. The molecule has 27 heavy (non-hydrogen) atoms. The maximum Gasteiger partial charge on any atom is 0.293 e. The molecule has 0 radical (unpaired) electrons. The lowest BCUT2D eigenvalue weighted by Crippen LogP contribution is -2.34. The lowest BCUT2D eigenvalue weighted by Gasteiger charge is -2.40. The fourth-order valence-corrected chi connectivity index (χ4v) is 4.47. The Kier molecular flexibility index (Phi) is 6.35. The summed E-state index contributed by atoms with van der Waals surface area (Å²) in [6.07, 6.45) is 1.61. The quantitative estimate of drug-likeness (QED) is 0.571. The van der Waals surface area contributed by atoms with Crippen molar-refractivity contribution in [2.75, 3.05) is 27.4 Å². The van der Waals surface area contributed by atoms with Crippen molar-refractivity contribution < 1.29 is 19.0 Å². The molecule has 0 saturated carbocycles. The Morgan fingerprint density at radius 1 is 1.11 bits per heavy atom. The molecule has 0 bridgehead atoms. The summed E-state index contributed by atoms with van der Waals surface area (Å²) < 4.78 is 16.2. The molecule has 3 rings (SSSR count). The highest BCUT2D eigenvalue weighted by molar-refractivity contribution is 5.54. The van der Waals surface area contributed by atoms with E-state index >= 15 is 0 Å². The molecular formula is C22H27NO4. The Hall–Kier alpha value is -2.53. The van der Waals surface area contributed by atoms with Gasteiger partial charge in [-0.1, -0.05) is 36.4 Å². The van der Waals surface area contributed by atoms with Gasteiger partial charge in [0.05, 0.1) is 20.8 Å². The van der Waals surface area contributed by atoms with Gasteiger partial charge in [-0.2, -0.15) is 0 Å². The number of nitrogens with two attached hydrogens (primary N) is 1. The van der Waals surface area contributed by atoms with Gasteiger partial charge in [0, 0.05) is 11.5 Å². The van der Waals surface area contributed by atoms with E-state index in [1.165, 1.54) is 11.1 Å². The second kappa shape index (κ2) is 8.91. The normalized spacial score (nSPS) is 21.2. The molecular weight excluding hydrogens is 342 g/mol. The van der Waals surface area contributed by atoms with Crippen molar-refractivity contribution in [2.24, 2.45) is 11.7 Å². The predicted octanol–water partition coefficient (Wildman–Crippen LogP) is 3.27. The largest absolute Gasteiger partial charge is 0.493 e. The lowest BCUT2D eigenvalue weighted by molar-refractivity contribution is -0.129. The van der Waals surface area contributed by atoms with Gasteiger partial charge >= 0.3 is 0 Å². The molecule has 0 spiro atoms. The molecule has 0 amide bonds. The summed E-state index contributed by atoms with van der Waals surface area (Å²) in [7, 11) is 3.33. The van der Waals surface area contributed by atoms with Crippen molar-refractivity contribution >= 4 is 6.47 Å². The number of hydrogen-bond donors (Lipinski definition) is 1. The third kappa shape index (κ3) is 3.78. The molecule has 3 unspecified atom stereocenters. The van der Waals surface area contributed by atoms with E-state index in [9.17, 15) is 4.79 Å². The van der Waals surface area contributed by atoms with Gasteiger partial charge in [0.2, 0.25) is 0 Å². The van der Waals surface area contributed by atoms with E-state index in [0.29, 0.717) is 19.6 Å². The maximum atomic E-state index is 10.6. The number of ether oxygens (including phenoxy) is 3. The van der Waals surface area contributed by atoms with E-state index in [1.54, 1.807) is 14.2 Å². The minimum Gasteiger partial charge on any atom is -0.493 e. The van der Waals surface area contributed by atoms with Gasteiger partial charge in [0.25, 0.3) is 6.47 Å². The molecule has 2 N–H and O–H groups in total. The van der Waals surface area contributed by atoms with E-state index < -0.39 is 0 Å². The van der Waals surface area contributed by atoms with Crippen LogP contribution in [0.3, 0.4) is 0 Å². The van der Waals surface area contributed by atoms with Gasteiger partial charge in [0.1, 0.15) is 0 Å². The predicted molar refractivity (Wildman–Crippen MR) is 104 cm³/mol. The van der Waals surface area contributed by atoms with Crippen LogP contribution in [0.5, 0.6) is 11.5 Å². The Morgan fingerprint density at radius 3 is 2.52 bits per heavy atom. The average molecular weight is 369 g/mol. The molecule has 5 heteroatoms. The SMILES string of the molecule is COc1ccc2c(c1OC)CC(c1ccccc1)C(CCOC=O)C2CN. The zero-order valence-corrected chi connectivity index (χ0v) is 15.9. The standard InChI is InChI=1S/C22H27NO4/c1-25-21-9-8-16-19(22(21)26-2)12-18(15-6-4-3-5-7-15)17(20(16)13-23)10-11-27-14-24/h3-9,14,17-18,20H,10-13,23H2,1-2H3. The lowest BCUT2D eigenvalue weighted by atomic mass is 9.65. The number of carbonyl (C=O) groups is 1. The van der Waals surface area contributed by atoms with Crippen molar-refractivity contribution in [3.8, 4) is 11.5 Å². The fraction of sp³-hybridized carbons (Fsp3) is 0.409. The Balaban J connectivity index is 2.08. The highest BCUT2D eigenvalue weighted by Gasteiger charge is 2.38. The second-order valence-corrected chi connectivity index (χ2v) is 6.85. The van der Waals surface area contributed by atoms with Crippen LogP contribution in [0.4, 0.5) is 0 Å². The topological polar surface area (TPSA) is 70.8 Å². The molecule has 144 valence electrons. The first-order valence-corrected chi connectivity index (χ1v) is 9.29. The van der Waals surface area contributed by atoms with E-state index in [1.807, 2.05) is 12.1 Å². The molecule has 1 aliphatic carbocycles. The van der Waals surface area contributed by atoms with Crippen LogP contribution in [0, 0.1) is 5.92 Å². The van der Waals surface area contributed by atoms with Crippen molar-refractivity contribution in [2.45, 2.75) is 24.7 Å². The van der Waals surface area contributed by atoms with Crippen molar-refractivity contribution in [1.82, 2.24) is 0 Å². The average Bonchev–Trinajstić information content (AvgIpc) is 2.72. The molecule has 0 aromatic heterocycles. The molecule has 0 aliphatic heterocycles. The minimum absolute atomic E-state index is 0.161. The summed E-state index contributed by atoms with van der Waals surface area (Å²) in [4.78, 5) is 10.6. The van der Waals surface area contributed by atoms with Crippen molar-refractivity contribution in [3.05, 3.63) is 59.2 Å². The number of fused-ring (bicyclic) bond motifs is 1. The number of rotatable bonds is 8. The molecule has 2 aromatic carbocycles. The molecule has 5 nitrogen and oxygen atoms in total. The van der Waals surface area contributed by atoms with Crippen LogP contribution in [-0.2, 0) is 16.0 Å². The van der Waals surface area contributed by atoms with Crippen LogP contribution in [-0.4, -0.2) is 33.8 Å². The monoisotopic (exact) mass is 369 g/mol. The van der Waals surface area contributed by atoms with Crippen LogP contribution in [0.1, 0.15) is 34.9 Å². The van der Waals surface area contributed by atoms with E-state index in [0.717, 1.165) is 29.9 Å². The third-order valence-corrected chi connectivity index (χ3v) is 5.66. The highest BCUT2D eigenvalue weighted by Crippen LogP contribution is 2.50. The molecule has 3 atom stereocenters. The van der Waals surface area contributed by atoms with Crippen LogP contribution in [0.25, 0.3) is 0 Å². The van der Waals surface area contributed by atoms with Crippen LogP contribution >= 0.6 is 0 Å². The Bertz CT molecular complexity index is 762. The van der Waals surface area contributed by atoms with Gasteiger partial charge in [-0.25, -0.2) is 0 Å². The highest BCUT2D eigenvalue weighted by atomic mass is 16.5. The zero-order valence-electron chi connectivity index (χ0n) is 15.9. The van der Waals surface area contributed by atoms with Gasteiger partial charge in [-0.05, 0) is 48.4 Å². The maximum absolute atomic E-state index is 10.6. The number of benzene rings is 2. The fourth-order valence-electron chi connectivity index (χ4n) is 4.47. The summed E-state index contributed by atoms with van der Waals surface area (Å²) >= 11 is 0. The summed E-state index contributed by atoms with van der Waals surface area (Å²) in [6, 6.07) is 14.5. The summed E-state index contributed by atoms with van der Waals surface area (Å²) in [5, 5.41) is 0. The second-order valence-electron chi connectivity index (χ2n) is 6.85. The Labute approximate surface area is 160 Å². The zero-order chi connectivity index (χ0) is 19.2. The molecule has 0 fully saturated rings.